The summed E-state index contributed by atoms with van der Waals surface area (Å²) in [5.74, 6) is -0.0545. The molecule has 0 rings (SSSR count). The Morgan fingerprint density at radius 3 is 0.800 bits per heavy atom. The van der Waals surface area contributed by atoms with E-state index in [1.54, 1.807) is 6.08 Å². The molecule has 0 spiro atoms. The minimum atomic E-state index is -0.836. The van der Waals surface area contributed by atoms with Gasteiger partial charge in [0.25, 0.3) is 0 Å². The van der Waals surface area contributed by atoms with Gasteiger partial charge in [0, 0.05) is 6.42 Å². The highest BCUT2D eigenvalue weighted by molar-refractivity contribution is 5.76. The van der Waals surface area contributed by atoms with Crippen molar-refractivity contribution in [3.63, 3.8) is 0 Å². The number of aliphatic hydroxyl groups excluding tert-OH is 2. The zero-order valence-corrected chi connectivity index (χ0v) is 44.8. The molecule has 0 aliphatic carbocycles. The Morgan fingerprint density at radius 2 is 0.569 bits per heavy atom. The average molecular weight is 917 g/mol. The van der Waals surface area contributed by atoms with Crippen LogP contribution in [0, 0.1) is 0 Å². The number of nitrogens with one attached hydrogen (secondary N) is 1. The largest absolute Gasteiger partial charge is 0.394 e. The molecule has 0 saturated heterocycles. The van der Waals surface area contributed by atoms with Crippen molar-refractivity contribution < 1.29 is 15.0 Å². The summed E-state index contributed by atoms with van der Waals surface area (Å²) >= 11 is 0. The summed E-state index contributed by atoms with van der Waals surface area (Å²) in [5.41, 5.74) is 0. The van der Waals surface area contributed by atoms with Crippen LogP contribution in [0.25, 0.3) is 0 Å². The van der Waals surface area contributed by atoms with Crippen molar-refractivity contribution in [3.05, 3.63) is 12.2 Å². The first kappa shape index (κ1) is 64.1. The van der Waals surface area contributed by atoms with Crippen molar-refractivity contribution in [1.82, 2.24) is 5.32 Å². The van der Waals surface area contributed by atoms with E-state index < -0.39 is 12.1 Å². The number of unbranched alkanes of at least 4 members (excludes halogenated alkanes) is 50. The van der Waals surface area contributed by atoms with E-state index in [0.29, 0.717) is 6.42 Å². The molecule has 0 fully saturated rings. The van der Waals surface area contributed by atoms with E-state index in [1.165, 1.54) is 308 Å². The lowest BCUT2D eigenvalue weighted by molar-refractivity contribution is -0.123. The van der Waals surface area contributed by atoms with Crippen LogP contribution in [0.15, 0.2) is 12.2 Å². The Morgan fingerprint density at radius 1 is 0.354 bits per heavy atom. The van der Waals surface area contributed by atoms with Crippen LogP contribution in [0.5, 0.6) is 0 Å². The number of rotatable bonds is 57. The van der Waals surface area contributed by atoms with Crippen LogP contribution in [-0.4, -0.2) is 34.9 Å². The highest BCUT2D eigenvalue weighted by Gasteiger charge is 2.18. The second kappa shape index (κ2) is 57.4. The standard InChI is InChI=1S/C61H121NO3/c1-3-5-7-9-11-13-15-17-19-21-23-25-27-29-30-31-32-33-35-37-39-41-43-45-47-49-51-53-55-57-61(65)62-59(58-63)60(64)56-54-52-50-48-46-44-42-40-38-36-34-28-26-24-22-20-18-16-14-12-10-8-6-4-2/h54,56,59-60,63-64H,3-53,55,57-58H2,1-2H3,(H,62,65)/b56-54+. The minimum Gasteiger partial charge on any atom is -0.394 e. The molecule has 0 aliphatic heterocycles. The molecular formula is C61H121NO3. The first-order valence-corrected chi connectivity index (χ1v) is 30.4. The van der Waals surface area contributed by atoms with E-state index in [1.807, 2.05) is 6.08 Å². The zero-order chi connectivity index (χ0) is 47.0. The number of amides is 1. The summed E-state index contributed by atoms with van der Waals surface area (Å²) < 4.78 is 0. The van der Waals surface area contributed by atoms with Gasteiger partial charge < -0.3 is 15.5 Å². The van der Waals surface area contributed by atoms with E-state index in [4.69, 9.17) is 0 Å². The molecule has 0 saturated carbocycles. The molecule has 2 atom stereocenters. The molecule has 1 amide bonds. The number of allylic oxidation sites excluding steroid dienone is 1. The maximum atomic E-state index is 12.5. The van der Waals surface area contributed by atoms with Gasteiger partial charge in [-0.25, -0.2) is 0 Å². The molecule has 0 aliphatic rings. The van der Waals surface area contributed by atoms with Gasteiger partial charge in [0.2, 0.25) is 5.91 Å². The Labute approximate surface area is 409 Å². The first-order valence-electron chi connectivity index (χ1n) is 30.4. The lowest BCUT2D eigenvalue weighted by atomic mass is 10.0. The topological polar surface area (TPSA) is 69.6 Å². The van der Waals surface area contributed by atoms with Crippen molar-refractivity contribution in [2.75, 3.05) is 6.61 Å². The summed E-state index contributed by atoms with van der Waals surface area (Å²) in [4.78, 5) is 12.5. The molecular weight excluding hydrogens is 795 g/mol. The second-order valence-corrected chi connectivity index (χ2v) is 21.1. The lowest BCUT2D eigenvalue weighted by Gasteiger charge is -2.20. The molecule has 0 radical (unpaired) electrons. The molecule has 4 heteroatoms. The first-order chi connectivity index (χ1) is 32.2. The molecule has 0 aromatic carbocycles. The average Bonchev–Trinajstić information content (AvgIpc) is 3.31. The summed E-state index contributed by atoms with van der Waals surface area (Å²) in [6.07, 6.45) is 75.4. The third kappa shape index (κ3) is 53.9. The molecule has 0 bridgehead atoms. The van der Waals surface area contributed by atoms with Gasteiger partial charge in [-0.2, -0.15) is 0 Å². The summed E-state index contributed by atoms with van der Waals surface area (Å²) in [5, 5.41) is 23.2. The van der Waals surface area contributed by atoms with Gasteiger partial charge in [0.15, 0.2) is 0 Å². The maximum absolute atomic E-state index is 12.5. The SMILES string of the molecule is CCCCCCCCCCCCCCCCCCCCCCCC/C=C/C(O)C(CO)NC(=O)CCCCCCCCCCCCCCCCCCCCCCCCCCCCCCC. The smallest absolute Gasteiger partial charge is 0.220 e. The fraction of sp³-hybridized carbons (Fsp3) is 0.951. The highest BCUT2D eigenvalue weighted by atomic mass is 16.3. The summed E-state index contributed by atoms with van der Waals surface area (Å²) in [6.45, 7) is 4.36. The van der Waals surface area contributed by atoms with Gasteiger partial charge >= 0.3 is 0 Å². The van der Waals surface area contributed by atoms with Crippen molar-refractivity contribution >= 4 is 5.91 Å². The van der Waals surface area contributed by atoms with E-state index >= 15 is 0 Å². The Balaban J connectivity index is 3.42. The minimum absolute atomic E-state index is 0.0545. The molecule has 388 valence electrons. The Kier molecular flexibility index (Phi) is 56.7. The molecule has 0 aromatic rings. The van der Waals surface area contributed by atoms with Gasteiger partial charge in [-0.3, -0.25) is 4.79 Å². The normalized spacial score (nSPS) is 12.7. The summed E-state index contributed by atoms with van der Waals surface area (Å²) in [7, 11) is 0. The fourth-order valence-corrected chi connectivity index (χ4v) is 9.89. The van der Waals surface area contributed by atoms with E-state index in [2.05, 4.69) is 19.2 Å². The second-order valence-electron chi connectivity index (χ2n) is 21.1. The van der Waals surface area contributed by atoms with E-state index in [0.717, 1.165) is 25.7 Å². The van der Waals surface area contributed by atoms with Gasteiger partial charge in [0.05, 0.1) is 18.8 Å². The Hall–Kier alpha value is -0.870. The number of carbonyl (C=O) groups is 1. The quantitative estimate of drug-likeness (QED) is 0.0421. The van der Waals surface area contributed by atoms with Crippen LogP contribution in [0.1, 0.15) is 354 Å². The van der Waals surface area contributed by atoms with Gasteiger partial charge in [0.1, 0.15) is 0 Å². The van der Waals surface area contributed by atoms with Crippen molar-refractivity contribution in [1.29, 1.82) is 0 Å². The fourth-order valence-electron chi connectivity index (χ4n) is 9.89. The molecule has 0 heterocycles. The van der Waals surface area contributed by atoms with E-state index in [-0.39, 0.29) is 12.5 Å². The monoisotopic (exact) mass is 916 g/mol. The van der Waals surface area contributed by atoms with Crippen LogP contribution >= 0.6 is 0 Å². The van der Waals surface area contributed by atoms with Crippen molar-refractivity contribution in [2.45, 2.75) is 366 Å². The maximum Gasteiger partial charge on any atom is 0.220 e. The number of carbonyl (C=O) groups excluding carboxylic acids is 1. The third-order valence-electron chi connectivity index (χ3n) is 14.5. The van der Waals surface area contributed by atoms with Gasteiger partial charge in [-0.05, 0) is 19.3 Å². The third-order valence-corrected chi connectivity index (χ3v) is 14.5. The van der Waals surface area contributed by atoms with Crippen LogP contribution in [-0.2, 0) is 4.79 Å². The molecule has 65 heavy (non-hydrogen) atoms. The summed E-state index contributed by atoms with van der Waals surface area (Å²) in [6, 6.07) is -0.619. The number of aliphatic hydroxyl groups is 2. The zero-order valence-electron chi connectivity index (χ0n) is 44.8. The number of hydrogen-bond acceptors (Lipinski definition) is 3. The lowest BCUT2D eigenvalue weighted by Crippen LogP contribution is -2.45. The van der Waals surface area contributed by atoms with Crippen LogP contribution in [0.2, 0.25) is 0 Å². The van der Waals surface area contributed by atoms with Gasteiger partial charge in [-0.1, -0.05) is 341 Å². The van der Waals surface area contributed by atoms with Crippen LogP contribution < -0.4 is 5.32 Å². The van der Waals surface area contributed by atoms with E-state index in [9.17, 15) is 15.0 Å². The predicted molar refractivity (Wildman–Crippen MR) is 290 cm³/mol. The molecule has 2 unspecified atom stereocenters. The molecule has 3 N–H and O–H groups in total. The molecule has 4 nitrogen and oxygen atoms in total. The molecule has 0 aromatic heterocycles. The van der Waals surface area contributed by atoms with Crippen molar-refractivity contribution in [3.8, 4) is 0 Å². The van der Waals surface area contributed by atoms with Crippen LogP contribution in [0.4, 0.5) is 0 Å². The van der Waals surface area contributed by atoms with Gasteiger partial charge in [-0.15, -0.1) is 0 Å². The predicted octanol–water partition coefficient (Wildman–Crippen LogP) is 20.1. The van der Waals surface area contributed by atoms with Crippen molar-refractivity contribution in [2.24, 2.45) is 0 Å². The van der Waals surface area contributed by atoms with Crippen LogP contribution in [0.3, 0.4) is 0 Å². The number of hydrogen-bond donors (Lipinski definition) is 3. The Bertz CT molecular complexity index is 905. The highest BCUT2D eigenvalue weighted by Crippen LogP contribution is 2.19.